The number of H-pyrrole nitrogens is 1. The van der Waals surface area contributed by atoms with Crippen molar-refractivity contribution in [3.63, 3.8) is 0 Å². The molecule has 1 fully saturated rings. The number of carbonyl (C=O) groups is 2. The van der Waals surface area contributed by atoms with Gasteiger partial charge in [0.05, 0.1) is 24.6 Å². The molecule has 27 heavy (non-hydrogen) atoms. The van der Waals surface area contributed by atoms with E-state index in [4.69, 9.17) is 9.47 Å². The van der Waals surface area contributed by atoms with Crippen LogP contribution < -0.4 is 4.74 Å². The van der Waals surface area contributed by atoms with Gasteiger partial charge in [-0.25, -0.2) is 0 Å². The second-order valence-electron chi connectivity index (χ2n) is 6.35. The number of hydrogen-bond donors (Lipinski definition) is 1. The summed E-state index contributed by atoms with van der Waals surface area (Å²) in [6, 6.07) is 7.48. The van der Waals surface area contributed by atoms with Crippen LogP contribution in [0.2, 0.25) is 0 Å². The topological polar surface area (TPSA) is 87.8 Å². The zero-order chi connectivity index (χ0) is 19.2. The second-order valence-corrected chi connectivity index (χ2v) is 6.35. The van der Waals surface area contributed by atoms with E-state index in [2.05, 4.69) is 10.2 Å². The summed E-state index contributed by atoms with van der Waals surface area (Å²) in [6.45, 7) is 2.27. The van der Waals surface area contributed by atoms with Crippen molar-refractivity contribution in [2.24, 2.45) is 0 Å². The molecule has 3 rings (SSSR count). The number of amides is 2. The Morgan fingerprint density at radius 3 is 2.70 bits per heavy atom. The molecule has 1 saturated heterocycles. The van der Waals surface area contributed by atoms with E-state index in [9.17, 15) is 9.59 Å². The van der Waals surface area contributed by atoms with E-state index >= 15 is 0 Å². The molecule has 0 radical (unpaired) electrons. The van der Waals surface area contributed by atoms with E-state index in [1.165, 1.54) is 7.11 Å². The standard InChI is InChI=1S/C19H24N4O4/c1-26-13-17(24)22-7-4-8-23(10-9-22)19(25)16-12-20-21-18(16)14-5-3-6-15(11-14)27-2/h3,5-6,11-12H,4,7-10,13H2,1-2H3,(H,20,21). The molecule has 144 valence electrons. The van der Waals surface area contributed by atoms with Crippen LogP contribution in [0.5, 0.6) is 5.75 Å². The molecule has 1 aromatic carbocycles. The molecule has 1 aromatic heterocycles. The van der Waals surface area contributed by atoms with Crippen molar-refractivity contribution in [3.05, 3.63) is 36.0 Å². The van der Waals surface area contributed by atoms with Gasteiger partial charge in [-0.15, -0.1) is 0 Å². The minimum absolute atomic E-state index is 0.0489. The molecule has 0 aliphatic carbocycles. The Morgan fingerprint density at radius 1 is 1.15 bits per heavy atom. The largest absolute Gasteiger partial charge is 0.497 e. The van der Waals surface area contributed by atoms with Gasteiger partial charge < -0.3 is 19.3 Å². The van der Waals surface area contributed by atoms with Gasteiger partial charge in [-0.1, -0.05) is 12.1 Å². The van der Waals surface area contributed by atoms with Gasteiger partial charge in [0.2, 0.25) is 5.91 Å². The van der Waals surface area contributed by atoms with Crippen molar-refractivity contribution >= 4 is 11.8 Å². The molecular formula is C19H24N4O4. The highest BCUT2D eigenvalue weighted by Gasteiger charge is 2.25. The molecule has 0 spiro atoms. The minimum Gasteiger partial charge on any atom is -0.497 e. The van der Waals surface area contributed by atoms with Gasteiger partial charge in [-0.2, -0.15) is 5.10 Å². The Balaban J connectivity index is 1.75. The van der Waals surface area contributed by atoms with Crippen LogP contribution >= 0.6 is 0 Å². The number of benzene rings is 1. The predicted octanol–water partition coefficient (Wildman–Crippen LogP) is 1.41. The number of aromatic nitrogens is 2. The first-order valence-electron chi connectivity index (χ1n) is 8.88. The highest BCUT2D eigenvalue weighted by molar-refractivity contribution is 5.99. The first kappa shape index (κ1) is 18.9. The van der Waals surface area contributed by atoms with Crippen LogP contribution in [-0.2, 0) is 9.53 Å². The molecule has 0 saturated carbocycles. The molecule has 2 aromatic rings. The quantitative estimate of drug-likeness (QED) is 0.857. The molecule has 0 atom stereocenters. The van der Waals surface area contributed by atoms with Gasteiger partial charge in [0.1, 0.15) is 12.4 Å². The normalized spacial score (nSPS) is 14.7. The lowest BCUT2D eigenvalue weighted by Gasteiger charge is -2.22. The van der Waals surface area contributed by atoms with E-state index in [1.807, 2.05) is 24.3 Å². The van der Waals surface area contributed by atoms with Gasteiger partial charge >= 0.3 is 0 Å². The second kappa shape index (κ2) is 8.68. The molecule has 1 N–H and O–H groups in total. The Kier molecular flexibility index (Phi) is 6.08. The lowest BCUT2D eigenvalue weighted by molar-refractivity contribution is -0.135. The highest BCUT2D eigenvalue weighted by Crippen LogP contribution is 2.26. The number of methoxy groups -OCH3 is 2. The molecule has 0 unspecified atom stereocenters. The number of nitrogens with one attached hydrogen (secondary N) is 1. The number of carbonyl (C=O) groups excluding carboxylic acids is 2. The molecule has 1 aliphatic heterocycles. The predicted molar refractivity (Wildman–Crippen MR) is 99.6 cm³/mol. The zero-order valence-electron chi connectivity index (χ0n) is 15.6. The number of aromatic amines is 1. The van der Waals surface area contributed by atoms with Crippen molar-refractivity contribution in [2.45, 2.75) is 6.42 Å². The molecule has 2 heterocycles. The van der Waals surface area contributed by atoms with E-state index in [1.54, 1.807) is 23.1 Å². The van der Waals surface area contributed by atoms with Crippen LogP contribution in [0, 0.1) is 0 Å². The molecule has 0 bridgehead atoms. The Bertz CT molecular complexity index is 805. The number of ether oxygens (including phenoxy) is 2. The van der Waals surface area contributed by atoms with Crippen LogP contribution in [0.15, 0.2) is 30.5 Å². The van der Waals surface area contributed by atoms with Crippen LogP contribution in [0.3, 0.4) is 0 Å². The average Bonchev–Trinajstić information content (AvgIpc) is 3.05. The lowest BCUT2D eigenvalue weighted by atomic mass is 10.1. The van der Waals surface area contributed by atoms with E-state index < -0.39 is 0 Å². The van der Waals surface area contributed by atoms with Gasteiger partial charge in [0.15, 0.2) is 0 Å². The molecule has 2 amide bonds. The van der Waals surface area contributed by atoms with Gasteiger partial charge in [0.25, 0.3) is 5.91 Å². The fourth-order valence-corrected chi connectivity index (χ4v) is 3.20. The van der Waals surface area contributed by atoms with Gasteiger partial charge in [-0.05, 0) is 18.6 Å². The Labute approximate surface area is 158 Å². The lowest BCUT2D eigenvalue weighted by Crippen LogP contribution is -2.38. The van der Waals surface area contributed by atoms with Crippen molar-refractivity contribution in [2.75, 3.05) is 47.0 Å². The van der Waals surface area contributed by atoms with Crippen LogP contribution in [0.1, 0.15) is 16.8 Å². The third-order valence-corrected chi connectivity index (χ3v) is 4.63. The van der Waals surface area contributed by atoms with E-state index in [-0.39, 0.29) is 18.4 Å². The summed E-state index contributed by atoms with van der Waals surface area (Å²) < 4.78 is 10.2. The minimum atomic E-state index is -0.0948. The highest BCUT2D eigenvalue weighted by atomic mass is 16.5. The van der Waals surface area contributed by atoms with Gasteiger partial charge in [0, 0.05) is 38.9 Å². The first-order chi connectivity index (χ1) is 13.1. The van der Waals surface area contributed by atoms with Gasteiger partial charge in [-0.3, -0.25) is 14.7 Å². The Morgan fingerprint density at radius 2 is 1.93 bits per heavy atom. The third kappa shape index (κ3) is 4.28. The third-order valence-electron chi connectivity index (χ3n) is 4.63. The van der Waals surface area contributed by atoms with E-state index in [0.717, 1.165) is 12.0 Å². The zero-order valence-corrected chi connectivity index (χ0v) is 15.6. The van der Waals surface area contributed by atoms with E-state index in [0.29, 0.717) is 43.2 Å². The molecule has 1 aliphatic rings. The molecule has 8 nitrogen and oxygen atoms in total. The first-order valence-corrected chi connectivity index (χ1v) is 8.88. The smallest absolute Gasteiger partial charge is 0.257 e. The summed E-state index contributed by atoms with van der Waals surface area (Å²) in [5.74, 6) is 0.567. The summed E-state index contributed by atoms with van der Waals surface area (Å²) in [7, 11) is 3.11. The number of nitrogens with zero attached hydrogens (tertiary/aromatic N) is 3. The summed E-state index contributed by atoms with van der Waals surface area (Å²) in [4.78, 5) is 28.6. The maximum absolute atomic E-state index is 13.1. The van der Waals surface area contributed by atoms with Crippen LogP contribution in [0.4, 0.5) is 0 Å². The Hall–Kier alpha value is -2.87. The van der Waals surface area contributed by atoms with Crippen molar-refractivity contribution in [1.29, 1.82) is 0 Å². The maximum atomic E-state index is 13.1. The molecule has 8 heteroatoms. The average molecular weight is 372 g/mol. The fourth-order valence-electron chi connectivity index (χ4n) is 3.20. The van der Waals surface area contributed by atoms with Crippen LogP contribution in [-0.4, -0.2) is 78.8 Å². The van der Waals surface area contributed by atoms with Crippen LogP contribution in [0.25, 0.3) is 11.3 Å². The van der Waals surface area contributed by atoms with Crippen molar-refractivity contribution in [3.8, 4) is 17.0 Å². The SMILES string of the molecule is COCC(=O)N1CCCN(C(=O)c2cn[nH]c2-c2cccc(OC)c2)CC1. The summed E-state index contributed by atoms with van der Waals surface area (Å²) in [6.07, 6.45) is 2.28. The summed E-state index contributed by atoms with van der Waals surface area (Å²) in [5, 5.41) is 6.99. The fraction of sp³-hybridized carbons (Fsp3) is 0.421. The maximum Gasteiger partial charge on any atom is 0.257 e. The molecular weight excluding hydrogens is 348 g/mol. The summed E-state index contributed by atoms with van der Waals surface area (Å²) in [5.41, 5.74) is 2.01. The number of hydrogen-bond acceptors (Lipinski definition) is 5. The van der Waals surface area contributed by atoms with Crippen molar-refractivity contribution < 1.29 is 19.1 Å². The number of rotatable bonds is 5. The summed E-state index contributed by atoms with van der Waals surface area (Å²) >= 11 is 0. The monoisotopic (exact) mass is 372 g/mol. The van der Waals surface area contributed by atoms with Crippen molar-refractivity contribution in [1.82, 2.24) is 20.0 Å².